The lowest BCUT2D eigenvalue weighted by atomic mass is 9.72. The Hall–Kier alpha value is -1.58. The van der Waals surface area contributed by atoms with Crippen LogP contribution in [-0.2, 0) is 5.54 Å². The average Bonchev–Trinajstić information content (AvgIpc) is 2.66. The predicted octanol–water partition coefficient (Wildman–Crippen LogP) is 5.25. The summed E-state index contributed by atoms with van der Waals surface area (Å²) in [4.78, 5) is 0. The summed E-state index contributed by atoms with van der Waals surface area (Å²) in [5.41, 5.74) is 1.08. The van der Waals surface area contributed by atoms with E-state index < -0.39 is 5.54 Å². The lowest BCUT2D eigenvalue weighted by Gasteiger charge is -2.37. The van der Waals surface area contributed by atoms with Gasteiger partial charge < -0.3 is 15.2 Å². The van der Waals surface area contributed by atoms with Crippen LogP contribution in [-0.4, -0.2) is 24.9 Å². The quantitative estimate of drug-likeness (QED) is 0.756. The summed E-state index contributed by atoms with van der Waals surface area (Å²) >= 11 is 0. The monoisotopic (exact) mass is 369 g/mol. The predicted molar refractivity (Wildman–Crippen MR) is 113 cm³/mol. The largest absolute Gasteiger partial charge is 0.490 e. The van der Waals surface area contributed by atoms with E-state index in [4.69, 9.17) is 4.74 Å². The summed E-state index contributed by atoms with van der Waals surface area (Å²) in [6.07, 6.45) is 5.15. The lowest BCUT2D eigenvalue weighted by molar-refractivity contribution is 0.0883. The maximum Gasteiger partial charge on any atom is 0.120 e. The maximum absolute atomic E-state index is 9.72. The number of nitrogens with one attached hydrogen (secondary N) is 1. The molecule has 1 aliphatic rings. The molecule has 0 unspecified atom stereocenters. The Morgan fingerprint density at radius 2 is 1.59 bits per heavy atom. The van der Waals surface area contributed by atoms with Gasteiger partial charge in [0.2, 0.25) is 0 Å². The molecule has 0 amide bonds. The van der Waals surface area contributed by atoms with Gasteiger partial charge in [0, 0.05) is 0 Å². The van der Waals surface area contributed by atoms with Crippen molar-refractivity contribution in [3.63, 3.8) is 0 Å². The molecule has 0 aromatic heterocycles. The summed E-state index contributed by atoms with van der Waals surface area (Å²) in [6, 6.07) is 12.7. The Morgan fingerprint density at radius 1 is 0.963 bits per heavy atom. The van der Waals surface area contributed by atoms with E-state index in [0.717, 1.165) is 30.1 Å². The molecule has 27 heavy (non-hydrogen) atoms. The SMILES string of the molecule is CN[C@@](C)(CO)c1ccc2cc(OC3CCC(C(C)(C)C)CC3)ccc2c1. The fourth-order valence-corrected chi connectivity index (χ4v) is 4.19. The van der Waals surface area contributed by atoms with Crippen molar-refractivity contribution >= 4 is 10.8 Å². The van der Waals surface area contributed by atoms with Gasteiger partial charge in [0.1, 0.15) is 5.75 Å². The summed E-state index contributed by atoms with van der Waals surface area (Å²) in [7, 11) is 1.88. The van der Waals surface area contributed by atoms with E-state index in [0.29, 0.717) is 11.5 Å². The summed E-state index contributed by atoms with van der Waals surface area (Å²) in [5.74, 6) is 1.77. The Labute approximate surface area is 164 Å². The second-order valence-corrected chi connectivity index (χ2v) is 9.42. The van der Waals surface area contributed by atoms with Crippen LogP contribution in [0.25, 0.3) is 10.8 Å². The zero-order valence-corrected chi connectivity index (χ0v) is 17.5. The van der Waals surface area contributed by atoms with Gasteiger partial charge >= 0.3 is 0 Å². The molecule has 0 bridgehead atoms. The van der Waals surface area contributed by atoms with Crippen molar-refractivity contribution in [1.29, 1.82) is 0 Å². The van der Waals surface area contributed by atoms with E-state index in [1.165, 1.54) is 23.6 Å². The van der Waals surface area contributed by atoms with Crippen molar-refractivity contribution in [2.75, 3.05) is 13.7 Å². The number of rotatable bonds is 5. The van der Waals surface area contributed by atoms with Gasteiger partial charge in [0.25, 0.3) is 0 Å². The molecule has 1 aliphatic carbocycles. The molecule has 3 rings (SSSR count). The Bertz CT molecular complexity index is 766. The van der Waals surface area contributed by atoms with Crippen molar-refractivity contribution in [3.8, 4) is 5.75 Å². The Balaban J connectivity index is 1.71. The van der Waals surface area contributed by atoms with E-state index in [9.17, 15) is 5.11 Å². The first-order valence-corrected chi connectivity index (χ1v) is 10.3. The van der Waals surface area contributed by atoms with Crippen LogP contribution in [0, 0.1) is 11.3 Å². The average molecular weight is 370 g/mol. The molecule has 3 heteroatoms. The molecular weight excluding hydrogens is 334 g/mol. The van der Waals surface area contributed by atoms with Crippen LogP contribution in [0.3, 0.4) is 0 Å². The number of likely N-dealkylation sites (N-methyl/N-ethyl adjacent to an activating group) is 1. The molecule has 2 aromatic carbocycles. The standard InChI is InChI=1S/C24H35NO2/c1-23(2,3)19-9-12-21(13-10-19)27-22-11-7-17-14-20(8-6-18(17)15-22)24(4,16-26)25-5/h6-8,11,14-15,19,21,25-26H,9-10,12-13,16H2,1-5H3/t19?,21?,24-/m0/s1. The van der Waals surface area contributed by atoms with Crippen molar-refractivity contribution in [3.05, 3.63) is 42.0 Å². The van der Waals surface area contributed by atoms with Crippen molar-refractivity contribution in [1.82, 2.24) is 5.32 Å². The normalized spacial score (nSPS) is 23.2. The van der Waals surface area contributed by atoms with Gasteiger partial charge in [0.15, 0.2) is 0 Å². The van der Waals surface area contributed by atoms with Crippen LogP contribution in [0.4, 0.5) is 0 Å². The van der Waals surface area contributed by atoms with E-state index in [2.05, 4.69) is 62.5 Å². The molecule has 0 saturated heterocycles. The highest BCUT2D eigenvalue weighted by atomic mass is 16.5. The second-order valence-electron chi connectivity index (χ2n) is 9.42. The number of aliphatic hydroxyl groups is 1. The van der Waals surface area contributed by atoms with Crippen LogP contribution in [0.1, 0.15) is 58.9 Å². The number of aliphatic hydroxyl groups excluding tert-OH is 1. The molecule has 0 spiro atoms. The zero-order chi connectivity index (χ0) is 19.7. The lowest BCUT2D eigenvalue weighted by Crippen LogP contribution is -2.40. The van der Waals surface area contributed by atoms with E-state index >= 15 is 0 Å². The molecule has 1 saturated carbocycles. The Morgan fingerprint density at radius 3 is 2.19 bits per heavy atom. The van der Waals surface area contributed by atoms with Crippen molar-refractivity contribution in [2.24, 2.45) is 11.3 Å². The fraction of sp³-hybridized carbons (Fsp3) is 0.583. The molecule has 148 valence electrons. The van der Waals surface area contributed by atoms with Crippen molar-refractivity contribution < 1.29 is 9.84 Å². The molecule has 0 heterocycles. The van der Waals surface area contributed by atoms with Crippen LogP contribution >= 0.6 is 0 Å². The molecule has 2 aromatic rings. The minimum Gasteiger partial charge on any atom is -0.490 e. The zero-order valence-electron chi connectivity index (χ0n) is 17.5. The number of ether oxygens (including phenoxy) is 1. The number of benzene rings is 2. The van der Waals surface area contributed by atoms with Gasteiger partial charge in [-0.1, -0.05) is 39.0 Å². The fourth-order valence-electron chi connectivity index (χ4n) is 4.19. The van der Waals surface area contributed by atoms with Gasteiger partial charge in [0.05, 0.1) is 18.2 Å². The summed E-state index contributed by atoms with van der Waals surface area (Å²) < 4.78 is 6.31. The minimum atomic E-state index is -0.422. The highest BCUT2D eigenvalue weighted by molar-refractivity contribution is 5.84. The first-order valence-electron chi connectivity index (χ1n) is 10.3. The molecule has 0 aliphatic heterocycles. The van der Waals surface area contributed by atoms with Crippen LogP contribution in [0.15, 0.2) is 36.4 Å². The Kier molecular flexibility index (Phi) is 5.83. The van der Waals surface area contributed by atoms with Crippen LogP contribution < -0.4 is 10.1 Å². The first-order chi connectivity index (χ1) is 12.7. The highest BCUT2D eigenvalue weighted by Gasteiger charge is 2.30. The summed E-state index contributed by atoms with van der Waals surface area (Å²) in [5, 5.41) is 15.3. The number of hydrogen-bond acceptors (Lipinski definition) is 3. The molecular formula is C24H35NO2. The highest BCUT2D eigenvalue weighted by Crippen LogP contribution is 2.39. The van der Waals surface area contributed by atoms with Gasteiger partial charge in [-0.05, 0) is 85.5 Å². The van der Waals surface area contributed by atoms with Crippen LogP contribution in [0.2, 0.25) is 0 Å². The third kappa shape index (κ3) is 4.47. The van der Waals surface area contributed by atoms with E-state index in [1.54, 1.807) is 0 Å². The molecule has 2 N–H and O–H groups in total. The van der Waals surface area contributed by atoms with E-state index in [1.807, 2.05) is 14.0 Å². The van der Waals surface area contributed by atoms with Gasteiger partial charge in [-0.2, -0.15) is 0 Å². The number of fused-ring (bicyclic) bond motifs is 1. The third-order valence-electron chi connectivity index (χ3n) is 6.52. The first kappa shape index (κ1) is 20.2. The number of hydrogen-bond donors (Lipinski definition) is 2. The molecule has 1 atom stereocenters. The smallest absolute Gasteiger partial charge is 0.120 e. The molecule has 1 fully saturated rings. The minimum absolute atomic E-state index is 0.0629. The van der Waals surface area contributed by atoms with Gasteiger partial charge in [-0.25, -0.2) is 0 Å². The maximum atomic E-state index is 9.72. The van der Waals surface area contributed by atoms with Crippen LogP contribution in [0.5, 0.6) is 5.75 Å². The van der Waals surface area contributed by atoms with Gasteiger partial charge in [-0.15, -0.1) is 0 Å². The summed E-state index contributed by atoms with van der Waals surface area (Å²) in [6.45, 7) is 9.14. The third-order valence-corrected chi connectivity index (χ3v) is 6.52. The van der Waals surface area contributed by atoms with Crippen molar-refractivity contribution in [2.45, 2.75) is 65.0 Å². The van der Waals surface area contributed by atoms with E-state index in [-0.39, 0.29) is 6.61 Å². The topological polar surface area (TPSA) is 41.5 Å². The van der Waals surface area contributed by atoms with Gasteiger partial charge in [-0.3, -0.25) is 0 Å². The molecule has 3 nitrogen and oxygen atoms in total. The second kappa shape index (κ2) is 7.81. The molecule has 0 radical (unpaired) electrons.